The summed E-state index contributed by atoms with van der Waals surface area (Å²) in [6.45, 7) is 0.921. The molecule has 1 atom stereocenters. The number of thioether (sulfide) groups is 1. The van der Waals surface area contributed by atoms with Crippen LogP contribution in [0.3, 0.4) is 0 Å². The van der Waals surface area contributed by atoms with Gasteiger partial charge in [-0.25, -0.2) is 4.98 Å². The molecule has 6 nitrogen and oxygen atoms in total. The fourth-order valence-corrected chi connectivity index (χ4v) is 3.75. The fraction of sp³-hybridized carbons (Fsp3) is 0.353. The molecule has 126 valence electrons. The molecule has 3 rings (SSSR count). The lowest BCUT2D eigenvalue weighted by atomic mass is 10.1. The van der Waals surface area contributed by atoms with E-state index in [-0.39, 0.29) is 17.4 Å². The summed E-state index contributed by atoms with van der Waals surface area (Å²) < 4.78 is 6.88. The molecule has 1 aromatic heterocycles. The summed E-state index contributed by atoms with van der Waals surface area (Å²) in [6.07, 6.45) is 2.21. The Morgan fingerprint density at radius 3 is 3.08 bits per heavy atom. The Morgan fingerprint density at radius 1 is 1.42 bits per heavy atom. The van der Waals surface area contributed by atoms with Gasteiger partial charge in [-0.05, 0) is 18.1 Å². The van der Waals surface area contributed by atoms with Crippen LogP contribution < -0.4 is 15.6 Å². The Labute approximate surface area is 144 Å². The predicted octanol–water partition coefficient (Wildman–Crippen LogP) is 1.33. The Kier molecular flexibility index (Phi) is 5.20. The quantitative estimate of drug-likeness (QED) is 0.828. The minimum Gasteiger partial charge on any atom is -0.496 e. The molecule has 24 heavy (non-hydrogen) atoms. The van der Waals surface area contributed by atoms with Crippen molar-refractivity contribution in [2.75, 3.05) is 19.4 Å². The van der Waals surface area contributed by atoms with Gasteiger partial charge in [-0.2, -0.15) is 0 Å². The average Bonchev–Trinajstić information content (AvgIpc) is 2.62. The second-order valence-electron chi connectivity index (χ2n) is 5.54. The summed E-state index contributed by atoms with van der Waals surface area (Å²) in [4.78, 5) is 28.4. The minimum atomic E-state index is -0.220. The lowest BCUT2D eigenvalue weighted by Gasteiger charge is -2.23. The third-order valence-electron chi connectivity index (χ3n) is 3.97. The minimum absolute atomic E-state index is 0.0289. The van der Waals surface area contributed by atoms with E-state index in [9.17, 15) is 9.59 Å². The van der Waals surface area contributed by atoms with Gasteiger partial charge in [0.2, 0.25) is 5.91 Å². The van der Waals surface area contributed by atoms with Crippen molar-refractivity contribution in [3.05, 3.63) is 52.4 Å². The molecule has 2 heterocycles. The molecule has 0 bridgehead atoms. The van der Waals surface area contributed by atoms with Gasteiger partial charge in [0.15, 0.2) is 5.16 Å². The second-order valence-corrected chi connectivity index (χ2v) is 6.52. The lowest BCUT2D eigenvalue weighted by molar-refractivity contribution is -0.124. The van der Waals surface area contributed by atoms with E-state index in [0.717, 1.165) is 11.3 Å². The number of aromatic nitrogens is 2. The third-order valence-corrected chi connectivity index (χ3v) is 5.13. The van der Waals surface area contributed by atoms with Gasteiger partial charge in [0.1, 0.15) is 5.75 Å². The molecule has 0 saturated carbocycles. The van der Waals surface area contributed by atoms with Gasteiger partial charge in [0, 0.05) is 31.1 Å². The van der Waals surface area contributed by atoms with Crippen molar-refractivity contribution in [3.8, 4) is 5.75 Å². The van der Waals surface area contributed by atoms with E-state index in [0.29, 0.717) is 30.4 Å². The highest BCUT2D eigenvalue weighted by Gasteiger charge is 2.26. The maximum atomic E-state index is 12.4. The number of ether oxygens (including phenoxy) is 1. The molecule has 1 aliphatic heterocycles. The fourth-order valence-electron chi connectivity index (χ4n) is 2.68. The molecular formula is C17H19N3O3S. The van der Waals surface area contributed by atoms with E-state index in [1.54, 1.807) is 11.7 Å². The molecule has 0 aliphatic carbocycles. The molecular weight excluding hydrogens is 326 g/mol. The zero-order chi connectivity index (χ0) is 16.9. The summed E-state index contributed by atoms with van der Waals surface area (Å²) in [5.41, 5.74) is 0.947. The highest BCUT2D eigenvalue weighted by atomic mass is 32.2. The summed E-state index contributed by atoms with van der Waals surface area (Å²) in [5, 5.41) is 3.64. The van der Waals surface area contributed by atoms with Crippen molar-refractivity contribution >= 4 is 17.7 Å². The number of nitrogens with zero attached hydrogens (tertiary/aromatic N) is 2. The summed E-state index contributed by atoms with van der Waals surface area (Å²) in [5.74, 6) is 1.21. The van der Waals surface area contributed by atoms with Crippen LogP contribution >= 0.6 is 11.8 Å². The first-order chi connectivity index (χ1) is 11.7. The van der Waals surface area contributed by atoms with E-state index in [4.69, 9.17) is 4.74 Å². The first kappa shape index (κ1) is 16.6. The third kappa shape index (κ3) is 3.62. The number of carbonyl (C=O) groups is 1. The van der Waals surface area contributed by atoms with Crippen molar-refractivity contribution < 1.29 is 9.53 Å². The monoisotopic (exact) mass is 345 g/mol. The van der Waals surface area contributed by atoms with Gasteiger partial charge in [0.25, 0.3) is 5.56 Å². The SMILES string of the molecule is COc1ccccc1CCNC(=O)C1CSc2nccc(=O)n2C1. The zero-order valence-corrected chi connectivity index (χ0v) is 14.2. The zero-order valence-electron chi connectivity index (χ0n) is 13.4. The smallest absolute Gasteiger partial charge is 0.254 e. The van der Waals surface area contributed by atoms with Crippen LogP contribution in [0, 0.1) is 5.92 Å². The molecule has 1 N–H and O–H groups in total. The van der Waals surface area contributed by atoms with Gasteiger partial charge >= 0.3 is 0 Å². The van der Waals surface area contributed by atoms with Crippen LogP contribution in [0.25, 0.3) is 0 Å². The van der Waals surface area contributed by atoms with E-state index in [1.807, 2.05) is 24.3 Å². The Morgan fingerprint density at radius 2 is 2.25 bits per heavy atom. The average molecular weight is 345 g/mol. The van der Waals surface area contributed by atoms with E-state index in [1.165, 1.54) is 24.0 Å². The molecule has 0 spiro atoms. The summed E-state index contributed by atoms with van der Waals surface area (Å²) in [7, 11) is 1.64. The Balaban J connectivity index is 1.57. The normalized spacial score (nSPS) is 16.3. The van der Waals surface area contributed by atoms with Gasteiger partial charge in [-0.15, -0.1) is 0 Å². The van der Waals surface area contributed by atoms with Crippen molar-refractivity contribution in [1.29, 1.82) is 0 Å². The van der Waals surface area contributed by atoms with Crippen LogP contribution in [0.2, 0.25) is 0 Å². The topological polar surface area (TPSA) is 73.2 Å². The van der Waals surface area contributed by atoms with E-state index < -0.39 is 0 Å². The maximum Gasteiger partial charge on any atom is 0.254 e. The number of hydrogen-bond acceptors (Lipinski definition) is 5. The number of rotatable bonds is 5. The number of para-hydroxylation sites is 1. The molecule has 0 saturated heterocycles. The van der Waals surface area contributed by atoms with Crippen LogP contribution in [0.4, 0.5) is 0 Å². The number of hydrogen-bond donors (Lipinski definition) is 1. The second kappa shape index (κ2) is 7.53. The van der Waals surface area contributed by atoms with Crippen molar-refractivity contribution in [3.63, 3.8) is 0 Å². The van der Waals surface area contributed by atoms with E-state index >= 15 is 0 Å². The largest absolute Gasteiger partial charge is 0.496 e. The number of nitrogens with one attached hydrogen (secondary N) is 1. The molecule has 1 unspecified atom stereocenters. The van der Waals surface area contributed by atoms with Gasteiger partial charge < -0.3 is 10.1 Å². The van der Waals surface area contributed by atoms with Crippen LogP contribution in [-0.4, -0.2) is 34.9 Å². The number of benzene rings is 1. The predicted molar refractivity (Wildman–Crippen MR) is 92.4 cm³/mol. The summed E-state index contributed by atoms with van der Waals surface area (Å²) >= 11 is 1.45. The van der Waals surface area contributed by atoms with Gasteiger partial charge in [0.05, 0.1) is 13.0 Å². The Hall–Kier alpha value is -2.28. The van der Waals surface area contributed by atoms with Crippen molar-refractivity contribution in [2.45, 2.75) is 18.1 Å². The Bertz CT molecular complexity index is 791. The van der Waals surface area contributed by atoms with E-state index in [2.05, 4.69) is 10.3 Å². The highest BCUT2D eigenvalue weighted by Crippen LogP contribution is 2.24. The van der Waals surface area contributed by atoms with Gasteiger partial charge in [-0.3, -0.25) is 14.2 Å². The molecule has 2 aromatic rings. The number of carbonyl (C=O) groups excluding carboxylic acids is 1. The van der Waals surface area contributed by atoms with Crippen LogP contribution in [-0.2, 0) is 17.8 Å². The van der Waals surface area contributed by atoms with Crippen molar-refractivity contribution in [2.24, 2.45) is 5.92 Å². The molecule has 1 aromatic carbocycles. The number of amides is 1. The number of methoxy groups -OCH3 is 1. The highest BCUT2D eigenvalue weighted by molar-refractivity contribution is 7.99. The van der Waals surface area contributed by atoms with Crippen LogP contribution in [0.15, 0.2) is 46.5 Å². The number of fused-ring (bicyclic) bond motifs is 1. The molecule has 1 amide bonds. The van der Waals surface area contributed by atoms with Crippen LogP contribution in [0.5, 0.6) is 5.75 Å². The standard InChI is InChI=1S/C17H19N3O3S/c1-23-14-5-3-2-4-12(14)6-8-18-16(22)13-10-20-15(21)7-9-19-17(20)24-11-13/h2-5,7,9,13H,6,8,10-11H2,1H3,(H,18,22). The first-order valence-corrected chi connectivity index (χ1v) is 8.76. The maximum absolute atomic E-state index is 12.4. The van der Waals surface area contributed by atoms with Crippen LogP contribution in [0.1, 0.15) is 5.56 Å². The lowest BCUT2D eigenvalue weighted by Crippen LogP contribution is -2.40. The van der Waals surface area contributed by atoms with Crippen molar-refractivity contribution in [1.82, 2.24) is 14.9 Å². The molecule has 0 radical (unpaired) electrons. The molecule has 1 aliphatic rings. The molecule has 7 heteroatoms. The first-order valence-electron chi connectivity index (χ1n) is 7.77. The van der Waals surface area contributed by atoms with Gasteiger partial charge in [-0.1, -0.05) is 30.0 Å². The summed E-state index contributed by atoms with van der Waals surface area (Å²) in [6, 6.07) is 9.19. The molecule has 0 fully saturated rings.